The number of ether oxygens (including phenoxy) is 3. The number of aryl methyl sites for hydroxylation is 1. The summed E-state index contributed by atoms with van der Waals surface area (Å²) in [7, 11) is 4.83. The fourth-order valence-corrected chi connectivity index (χ4v) is 2.28. The largest absolute Gasteiger partial charge is 0.493 e. The van der Waals surface area contributed by atoms with Crippen molar-refractivity contribution in [3.05, 3.63) is 47.5 Å². The number of nitrogens with one attached hydrogen (secondary N) is 1. The third kappa shape index (κ3) is 3.64. The summed E-state index contributed by atoms with van der Waals surface area (Å²) in [6.45, 7) is 2.89. The van der Waals surface area contributed by atoms with Crippen LogP contribution >= 0.6 is 0 Å². The SMILES string of the molecule is CCc1ccc(CNc2cc(OC)c(OC)c(OC)c2)cc1. The van der Waals surface area contributed by atoms with Crippen molar-refractivity contribution < 1.29 is 14.2 Å². The van der Waals surface area contributed by atoms with Crippen molar-refractivity contribution in [3.63, 3.8) is 0 Å². The fraction of sp³-hybridized carbons (Fsp3) is 0.333. The molecule has 2 rings (SSSR count). The van der Waals surface area contributed by atoms with Gasteiger partial charge in [0.1, 0.15) is 0 Å². The Balaban J connectivity index is 2.14. The molecule has 4 heteroatoms. The summed E-state index contributed by atoms with van der Waals surface area (Å²) in [5.41, 5.74) is 3.50. The lowest BCUT2D eigenvalue weighted by Crippen LogP contribution is -2.02. The summed E-state index contributed by atoms with van der Waals surface area (Å²) < 4.78 is 16.0. The van der Waals surface area contributed by atoms with E-state index in [0.717, 1.165) is 18.7 Å². The Kier molecular flexibility index (Phi) is 5.53. The molecular weight excluding hydrogens is 278 g/mol. The molecule has 0 unspecified atom stereocenters. The highest BCUT2D eigenvalue weighted by molar-refractivity contribution is 5.62. The quantitative estimate of drug-likeness (QED) is 0.842. The molecule has 0 aromatic heterocycles. The van der Waals surface area contributed by atoms with Crippen LogP contribution < -0.4 is 19.5 Å². The highest BCUT2D eigenvalue weighted by Crippen LogP contribution is 2.39. The van der Waals surface area contributed by atoms with Crippen LogP contribution in [0.3, 0.4) is 0 Å². The molecule has 118 valence electrons. The smallest absolute Gasteiger partial charge is 0.203 e. The van der Waals surface area contributed by atoms with Gasteiger partial charge in [-0.2, -0.15) is 0 Å². The van der Waals surface area contributed by atoms with E-state index in [1.165, 1.54) is 11.1 Å². The first kappa shape index (κ1) is 16.0. The molecule has 0 aliphatic carbocycles. The summed E-state index contributed by atoms with van der Waals surface area (Å²) >= 11 is 0. The van der Waals surface area contributed by atoms with E-state index in [1.54, 1.807) is 21.3 Å². The van der Waals surface area contributed by atoms with E-state index in [1.807, 2.05) is 12.1 Å². The summed E-state index contributed by atoms with van der Waals surface area (Å²) in [5.74, 6) is 1.89. The Hall–Kier alpha value is -2.36. The molecule has 0 spiro atoms. The molecule has 4 nitrogen and oxygen atoms in total. The minimum atomic E-state index is 0.600. The van der Waals surface area contributed by atoms with E-state index in [2.05, 4.69) is 36.5 Å². The molecule has 0 amide bonds. The minimum absolute atomic E-state index is 0.600. The fourth-order valence-electron chi connectivity index (χ4n) is 2.28. The number of anilines is 1. The second-order valence-corrected chi connectivity index (χ2v) is 4.94. The van der Waals surface area contributed by atoms with Gasteiger partial charge in [0.15, 0.2) is 11.5 Å². The van der Waals surface area contributed by atoms with Crippen molar-refractivity contribution in [1.82, 2.24) is 0 Å². The Morgan fingerprint density at radius 3 is 1.82 bits per heavy atom. The van der Waals surface area contributed by atoms with Gasteiger partial charge in [-0.1, -0.05) is 31.2 Å². The van der Waals surface area contributed by atoms with E-state index < -0.39 is 0 Å². The van der Waals surface area contributed by atoms with Gasteiger partial charge in [0.05, 0.1) is 21.3 Å². The summed E-state index contributed by atoms with van der Waals surface area (Å²) in [5, 5.41) is 3.38. The van der Waals surface area contributed by atoms with E-state index in [9.17, 15) is 0 Å². The lowest BCUT2D eigenvalue weighted by Gasteiger charge is -2.15. The van der Waals surface area contributed by atoms with Crippen LogP contribution in [-0.4, -0.2) is 21.3 Å². The first-order valence-electron chi connectivity index (χ1n) is 7.33. The van der Waals surface area contributed by atoms with Crippen LogP contribution in [0.4, 0.5) is 5.69 Å². The van der Waals surface area contributed by atoms with Gasteiger partial charge in [-0.05, 0) is 17.5 Å². The average molecular weight is 301 g/mol. The van der Waals surface area contributed by atoms with Gasteiger partial charge in [0, 0.05) is 24.4 Å². The molecule has 0 atom stereocenters. The van der Waals surface area contributed by atoms with Crippen LogP contribution in [-0.2, 0) is 13.0 Å². The second kappa shape index (κ2) is 7.59. The van der Waals surface area contributed by atoms with Crippen molar-refractivity contribution >= 4 is 5.69 Å². The molecule has 0 bridgehead atoms. The number of rotatable bonds is 7. The highest BCUT2D eigenvalue weighted by Gasteiger charge is 2.12. The molecule has 0 radical (unpaired) electrons. The maximum atomic E-state index is 5.36. The third-order valence-electron chi connectivity index (χ3n) is 3.59. The van der Waals surface area contributed by atoms with Crippen LogP contribution in [0.5, 0.6) is 17.2 Å². The van der Waals surface area contributed by atoms with Gasteiger partial charge in [0.2, 0.25) is 5.75 Å². The summed E-state index contributed by atoms with van der Waals surface area (Å²) in [6, 6.07) is 12.4. The molecule has 1 N–H and O–H groups in total. The molecule has 0 aliphatic heterocycles. The van der Waals surface area contributed by atoms with E-state index in [4.69, 9.17) is 14.2 Å². The predicted molar refractivity (Wildman–Crippen MR) is 89.2 cm³/mol. The summed E-state index contributed by atoms with van der Waals surface area (Å²) in [6.07, 6.45) is 1.06. The van der Waals surface area contributed by atoms with Crippen LogP contribution in [0.1, 0.15) is 18.1 Å². The number of benzene rings is 2. The Bertz CT molecular complexity index is 583. The Morgan fingerprint density at radius 2 is 1.36 bits per heavy atom. The Morgan fingerprint density at radius 1 is 0.818 bits per heavy atom. The second-order valence-electron chi connectivity index (χ2n) is 4.94. The van der Waals surface area contributed by atoms with Gasteiger partial charge < -0.3 is 19.5 Å². The van der Waals surface area contributed by atoms with Crippen LogP contribution in [0.25, 0.3) is 0 Å². The minimum Gasteiger partial charge on any atom is -0.493 e. The number of methoxy groups -OCH3 is 3. The lowest BCUT2D eigenvalue weighted by atomic mass is 10.1. The number of hydrogen-bond acceptors (Lipinski definition) is 4. The first-order valence-corrected chi connectivity index (χ1v) is 7.33. The van der Waals surface area contributed by atoms with Gasteiger partial charge >= 0.3 is 0 Å². The zero-order valence-electron chi connectivity index (χ0n) is 13.6. The van der Waals surface area contributed by atoms with E-state index >= 15 is 0 Å². The molecule has 0 saturated heterocycles. The van der Waals surface area contributed by atoms with E-state index in [0.29, 0.717) is 17.2 Å². The Labute approximate surface area is 132 Å². The van der Waals surface area contributed by atoms with Crippen molar-refractivity contribution in [2.75, 3.05) is 26.6 Å². The molecule has 0 saturated carbocycles. The number of hydrogen-bond donors (Lipinski definition) is 1. The maximum absolute atomic E-state index is 5.36. The maximum Gasteiger partial charge on any atom is 0.203 e. The molecular formula is C18H23NO3. The summed E-state index contributed by atoms with van der Waals surface area (Å²) in [4.78, 5) is 0. The predicted octanol–water partition coefficient (Wildman–Crippen LogP) is 3.89. The highest BCUT2D eigenvalue weighted by atomic mass is 16.5. The van der Waals surface area contributed by atoms with Crippen molar-refractivity contribution in [1.29, 1.82) is 0 Å². The molecule has 0 fully saturated rings. The zero-order chi connectivity index (χ0) is 15.9. The van der Waals surface area contributed by atoms with Crippen LogP contribution in [0.2, 0.25) is 0 Å². The topological polar surface area (TPSA) is 39.7 Å². The van der Waals surface area contributed by atoms with Crippen molar-refractivity contribution in [2.45, 2.75) is 19.9 Å². The average Bonchev–Trinajstić information content (AvgIpc) is 2.59. The first-order chi connectivity index (χ1) is 10.7. The lowest BCUT2D eigenvalue weighted by molar-refractivity contribution is 0.324. The molecule has 2 aromatic rings. The molecule has 2 aromatic carbocycles. The van der Waals surface area contributed by atoms with Crippen LogP contribution in [0.15, 0.2) is 36.4 Å². The third-order valence-corrected chi connectivity index (χ3v) is 3.59. The van der Waals surface area contributed by atoms with Gasteiger partial charge in [0.25, 0.3) is 0 Å². The van der Waals surface area contributed by atoms with Crippen molar-refractivity contribution in [3.8, 4) is 17.2 Å². The molecule has 22 heavy (non-hydrogen) atoms. The van der Waals surface area contributed by atoms with Crippen molar-refractivity contribution in [2.24, 2.45) is 0 Å². The van der Waals surface area contributed by atoms with Gasteiger partial charge in [-0.3, -0.25) is 0 Å². The molecule has 0 heterocycles. The van der Waals surface area contributed by atoms with E-state index in [-0.39, 0.29) is 0 Å². The monoisotopic (exact) mass is 301 g/mol. The standard InChI is InChI=1S/C18H23NO3/c1-5-13-6-8-14(9-7-13)12-19-15-10-16(20-2)18(22-4)17(11-15)21-3/h6-11,19H,5,12H2,1-4H3. The normalized spacial score (nSPS) is 10.2. The zero-order valence-corrected chi connectivity index (χ0v) is 13.6. The van der Waals surface area contributed by atoms with Gasteiger partial charge in [-0.15, -0.1) is 0 Å². The molecule has 0 aliphatic rings. The van der Waals surface area contributed by atoms with Crippen LogP contribution in [0, 0.1) is 0 Å². The van der Waals surface area contributed by atoms with Gasteiger partial charge in [-0.25, -0.2) is 0 Å².